The molecule has 19 heavy (non-hydrogen) atoms. The van der Waals surface area contributed by atoms with E-state index in [4.69, 9.17) is 9.84 Å². The van der Waals surface area contributed by atoms with E-state index in [-0.39, 0.29) is 12.0 Å². The Balaban J connectivity index is 2.34. The minimum Gasteiger partial charge on any atom is -0.481 e. The van der Waals surface area contributed by atoms with Gasteiger partial charge in [0, 0.05) is 6.04 Å². The van der Waals surface area contributed by atoms with Crippen molar-refractivity contribution in [2.45, 2.75) is 39.2 Å². The minimum absolute atomic E-state index is 0.211. The molecular weight excluding hydrogens is 246 g/mol. The lowest BCUT2D eigenvalue weighted by Gasteiger charge is -2.15. The van der Waals surface area contributed by atoms with E-state index in [1.54, 1.807) is 26.4 Å². The van der Waals surface area contributed by atoms with Crippen LogP contribution in [0.15, 0.2) is 12.4 Å². The van der Waals surface area contributed by atoms with Crippen LogP contribution in [0.4, 0.5) is 5.82 Å². The highest BCUT2D eigenvalue weighted by atomic mass is 16.5. The average Bonchev–Trinajstić information content (AvgIpc) is 2.38. The molecule has 1 aromatic rings. The summed E-state index contributed by atoms with van der Waals surface area (Å²) >= 11 is 0. The second kappa shape index (κ2) is 7.56. The number of nitrogens with one attached hydrogen (secondary N) is 1. The Morgan fingerprint density at radius 1 is 1.42 bits per heavy atom. The molecule has 0 amide bonds. The topological polar surface area (TPSA) is 84.3 Å². The monoisotopic (exact) mass is 267 g/mol. The first-order chi connectivity index (χ1) is 9.02. The number of ether oxygens (including phenoxy) is 1. The summed E-state index contributed by atoms with van der Waals surface area (Å²) in [6.45, 7) is 3.76. The van der Waals surface area contributed by atoms with Gasteiger partial charge in [-0.1, -0.05) is 13.3 Å². The Kier molecular flexibility index (Phi) is 6.05. The summed E-state index contributed by atoms with van der Waals surface area (Å²) in [7, 11) is 1.55. The number of aromatic nitrogens is 2. The number of methoxy groups -OCH3 is 1. The van der Waals surface area contributed by atoms with Crippen molar-refractivity contribution in [3.63, 3.8) is 0 Å². The molecule has 0 bridgehead atoms. The molecule has 0 saturated carbocycles. The molecule has 2 unspecified atom stereocenters. The summed E-state index contributed by atoms with van der Waals surface area (Å²) in [5.41, 5.74) is 0. The molecule has 2 N–H and O–H groups in total. The fourth-order valence-electron chi connectivity index (χ4n) is 1.69. The summed E-state index contributed by atoms with van der Waals surface area (Å²) in [4.78, 5) is 18.9. The summed E-state index contributed by atoms with van der Waals surface area (Å²) in [5.74, 6) is 0.109. The van der Waals surface area contributed by atoms with Crippen LogP contribution in [0.25, 0.3) is 0 Å². The lowest BCUT2D eigenvalue weighted by Crippen LogP contribution is -2.17. The van der Waals surface area contributed by atoms with Crippen LogP contribution in [-0.2, 0) is 4.79 Å². The van der Waals surface area contributed by atoms with Crippen molar-refractivity contribution in [2.75, 3.05) is 12.4 Å². The van der Waals surface area contributed by atoms with Gasteiger partial charge in [-0.15, -0.1) is 0 Å². The predicted molar refractivity (Wildman–Crippen MR) is 72.3 cm³/mol. The van der Waals surface area contributed by atoms with Crippen LogP contribution < -0.4 is 10.1 Å². The van der Waals surface area contributed by atoms with Crippen LogP contribution in [0.2, 0.25) is 0 Å². The molecule has 0 spiro atoms. The number of aliphatic carboxylic acids is 1. The Hall–Kier alpha value is -1.85. The molecule has 0 aromatic carbocycles. The van der Waals surface area contributed by atoms with E-state index in [1.807, 2.05) is 6.92 Å². The van der Waals surface area contributed by atoms with Gasteiger partial charge in [0.2, 0.25) is 5.88 Å². The fourth-order valence-corrected chi connectivity index (χ4v) is 1.69. The van der Waals surface area contributed by atoms with E-state index in [1.165, 1.54) is 0 Å². The number of anilines is 1. The van der Waals surface area contributed by atoms with Gasteiger partial charge in [0.15, 0.2) is 0 Å². The normalized spacial score (nSPS) is 13.6. The number of carbonyl (C=O) groups is 1. The van der Waals surface area contributed by atoms with Gasteiger partial charge in [-0.25, -0.2) is 0 Å². The van der Waals surface area contributed by atoms with Crippen molar-refractivity contribution < 1.29 is 14.6 Å². The van der Waals surface area contributed by atoms with Crippen LogP contribution in [0.5, 0.6) is 5.88 Å². The molecule has 0 saturated heterocycles. The van der Waals surface area contributed by atoms with Crippen LogP contribution in [0, 0.1) is 5.92 Å². The second-order valence-corrected chi connectivity index (χ2v) is 4.66. The smallest absolute Gasteiger partial charge is 0.306 e. The maximum absolute atomic E-state index is 10.7. The molecule has 6 heteroatoms. The quantitative estimate of drug-likeness (QED) is 0.751. The maximum Gasteiger partial charge on any atom is 0.306 e. The highest BCUT2D eigenvalue weighted by molar-refractivity contribution is 5.69. The van der Waals surface area contributed by atoms with Gasteiger partial charge in [-0.3, -0.25) is 9.78 Å². The molecule has 106 valence electrons. The Labute approximate surface area is 113 Å². The molecule has 1 rings (SSSR count). The molecule has 0 aliphatic carbocycles. The molecular formula is C13H21N3O3. The molecule has 0 aliphatic heterocycles. The third-order valence-corrected chi connectivity index (χ3v) is 2.91. The van der Waals surface area contributed by atoms with Crippen molar-refractivity contribution in [3.05, 3.63) is 12.4 Å². The predicted octanol–water partition coefficient (Wildman–Crippen LogP) is 2.18. The highest BCUT2D eigenvalue weighted by Crippen LogP contribution is 2.13. The minimum atomic E-state index is -0.737. The third-order valence-electron chi connectivity index (χ3n) is 2.91. The van der Waals surface area contributed by atoms with Crippen molar-refractivity contribution in [2.24, 2.45) is 5.92 Å². The zero-order valence-electron chi connectivity index (χ0n) is 11.6. The van der Waals surface area contributed by atoms with Gasteiger partial charge >= 0.3 is 5.97 Å². The highest BCUT2D eigenvalue weighted by Gasteiger charge is 2.11. The summed E-state index contributed by atoms with van der Waals surface area (Å²) < 4.78 is 5.00. The number of hydrogen-bond acceptors (Lipinski definition) is 5. The largest absolute Gasteiger partial charge is 0.481 e. The summed E-state index contributed by atoms with van der Waals surface area (Å²) in [6, 6.07) is 0.211. The first-order valence-electron chi connectivity index (χ1n) is 6.38. The van der Waals surface area contributed by atoms with Crippen molar-refractivity contribution in [1.82, 2.24) is 9.97 Å². The summed E-state index contributed by atoms with van der Waals surface area (Å²) in [6.07, 6.45) is 5.62. The van der Waals surface area contributed by atoms with Gasteiger partial charge in [0.25, 0.3) is 0 Å². The maximum atomic E-state index is 10.7. The van der Waals surface area contributed by atoms with Gasteiger partial charge in [-0.2, -0.15) is 4.98 Å². The lowest BCUT2D eigenvalue weighted by atomic mass is 10.0. The first kappa shape index (κ1) is 15.2. The van der Waals surface area contributed by atoms with E-state index in [2.05, 4.69) is 15.3 Å². The van der Waals surface area contributed by atoms with Gasteiger partial charge < -0.3 is 15.2 Å². The number of carboxylic acids is 1. The van der Waals surface area contributed by atoms with E-state index in [0.717, 1.165) is 12.8 Å². The molecule has 2 atom stereocenters. The number of nitrogens with zero attached hydrogens (tertiary/aromatic N) is 2. The summed E-state index contributed by atoms with van der Waals surface area (Å²) in [5, 5.41) is 12.0. The zero-order valence-corrected chi connectivity index (χ0v) is 11.6. The third kappa shape index (κ3) is 5.54. The fraction of sp³-hybridized carbons (Fsp3) is 0.615. The van der Waals surface area contributed by atoms with E-state index in [0.29, 0.717) is 18.1 Å². The van der Waals surface area contributed by atoms with Crippen LogP contribution in [0.1, 0.15) is 33.1 Å². The van der Waals surface area contributed by atoms with Gasteiger partial charge in [-0.05, 0) is 19.8 Å². The molecule has 0 aliphatic rings. The Morgan fingerprint density at radius 3 is 2.79 bits per heavy atom. The van der Waals surface area contributed by atoms with Crippen LogP contribution in [-0.4, -0.2) is 34.2 Å². The zero-order chi connectivity index (χ0) is 14.3. The number of rotatable bonds is 8. The standard InChI is InChI=1S/C13H21N3O3/c1-9(13(17)18)5-4-6-10(2)15-11-7-14-8-12(16-11)19-3/h7-10H,4-6H2,1-3H3,(H,15,16)(H,17,18). The molecule has 1 aromatic heterocycles. The van der Waals surface area contributed by atoms with Gasteiger partial charge in [0.1, 0.15) is 5.82 Å². The average molecular weight is 267 g/mol. The van der Waals surface area contributed by atoms with Crippen LogP contribution >= 0.6 is 0 Å². The Bertz CT molecular complexity index is 412. The van der Waals surface area contributed by atoms with Crippen molar-refractivity contribution >= 4 is 11.8 Å². The lowest BCUT2D eigenvalue weighted by molar-refractivity contribution is -0.141. The number of carboxylic acid groups (broad SMARTS) is 1. The van der Waals surface area contributed by atoms with Crippen molar-refractivity contribution in [3.8, 4) is 5.88 Å². The SMILES string of the molecule is COc1cncc(NC(C)CCCC(C)C(=O)O)n1. The van der Waals surface area contributed by atoms with Gasteiger partial charge in [0.05, 0.1) is 25.4 Å². The van der Waals surface area contributed by atoms with E-state index < -0.39 is 5.97 Å². The molecule has 0 fully saturated rings. The Morgan fingerprint density at radius 2 is 2.16 bits per heavy atom. The molecule has 0 radical (unpaired) electrons. The second-order valence-electron chi connectivity index (χ2n) is 4.66. The first-order valence-corrected chi connectivity index (χ1v) is 6.38. The molecule has 1 heterocycles. The van der Waals surface area contributed by atoms with Crippen LogP contribution in [0.3, 0.4) is 0 Å². The van der Waals surface area contributed by atoms with E-state index in [9.17, 15) is 4.79 Å². The number of hydrogen-bond donors (Lipinski definition) is 2. The van der Waals surface area contributed by atoms with E-state index >= 15 is 0 Å². The van der Waals surface area contributed by atoms with Crippen molar-refractivity contribution in [1.29, 1.82) is 0 Å². The molecule has 6 nitrogen and oxygen atoms in total.